The number of esters is 2. The zero-order chi connectivity index (χ0) is 21.7. The Hall–Kier alpha value is -3.24. The number of ether oxygens (including phenoxy) is 4. The molecule has 0 amide bonds. The number of nitrogens with zero attached hydrogens (tertiary/aromatic N) is 1. The van der Waals surface area contributed by atoms with E-state index in [0.717, 1.165) is 0 Å². The second-order valence-corrected chi connectivity index (χ2v) is 6.03. The number of hydrogen-bond donors (Lipinski definition) is 1. The molecule has 1 aromatic rings. The van der Waals surface area contributed by atoms with Crippen molar-refractivity contribution in [2.45, 2.75) is 19.1 Å². The Bertz CT molecular complexity index is 886. The normalized spacial score (nSPS) is 16.6. The number of rotatable bonds is 7. The Kier molecular flexibility index (Phi) is 7.08. The predicted molar refractivity (Wildman–Crippen MR) is 101 cm³/mol. The van der Waals surface area contributed by atoms with Crippen LogP contribution in [0.5, 0.6) is 0 Å². The minimum atomic E-state index is -1.14. The molecule has 2 rings (SSSR count). The highest BCUT2D eigenvalue weighted by Gasteiger charge is 2.43. The van der Waals surface area contributed by atoms with E-state index in [0.29, 0.717) is 5.70 Å². The van der Waals surface area contributed by atoms with Gasteiger partial charge in [0, 0.05) is 31.5 Å². The Morgan fingerprint density at radius 2 is 1.59 bits per heavy atom. The number of dihydropyridines is 1. The van der Waals surface area contributed by atoms with Crippen LogP contribution in [0.2, 0.25) is 0 Å². The van der Waals surface area contributed by atoms with Crippen LogP contribution in [0.1, 0.15) is 18.4 Å². The molecule has 0 fully saturated rings. The van der Waals surface area contributed by atoms with Crippen LogP contribution in [0, 0.1) is 10.1 Å². The lowest BCUT2D eigenvalue weighted by molar-refractivity contribution is -0.385. The fourth-order valence-electron chi connectivity index (χ4n) is 3.30. The number of nitrogens with one attached hydrogen (secondary N) is 1. The minimum Gasteiger partial charge on any atom is -0.466 e. The number of benzene rings is 1. The first-order chi connectivity index (χ1) is 13.8. The maximum absolute atomic E-state index is 12.8. The van der Waals surface area contributed by atoms with Crippen molar-refractivity contribution in [1.82, 2.24) is 5.32 Å². The Balaban J connectivity index is 2.91. The molecule has 10 heteroatoms. The van der Waals surface area contributed by atoms with Crippen molar-refractivity contribution >= 4 is 17.6 Å². The third-order valence-electron chi connectivity index (χ3n) is 4.51. The summed E-state index contributed by atoms with van der Waals surface area (Å²) in [6.45, 7) is 1.59. The summed E-state index contributed by atoms with van der Waals surface area (Å²) in [7, 11) is 5.09. The van der Waals surface area contributed by atoms with E-state index in [9.17, 15) is 19.7 Å². The van der Waals surface area contributed by atoms with E-state index in [-0.39, 0.29) is 28.1 Å². The summed E-state index contributed by atoms with van der Waals surface area (Å²) in [5.41, 5.74) is 0.360. The zero-order valence-corrected chi connectivity index (χ0v) is 16.7. The van der Waals surface area contributed by atoms with Crippen molar-refractivity contribution in [3.63, 3.8) is 0 Å². The molecular weight excluding hydrogens is 384 g/mol. The number of allylic oxidation sites excluding steroid dienone is 1. The highest BCUT2D eigenvalue weighted by molar-refractivity contribution is 6.00. The van der Waals surface area contributed by atoms with Crippen LogP contribution in [0.25, 0.3) is 0 Å². The number of carbonyl (C=O) groups excluding carboxylic acids is 2. The van der Waals surface area contributed by atoms with Gasteiger partial charge in [0.2, 0.25) is 0 Å². The van der Waals surface area contributed by atoms with Crippen molar-refractivity contribution in [1.29, 1.82) is 0 Å². The number of carbonyl (C=O) groups is 2. The van der Waals surface area contributed by atoms with E-state index in [2.05, 4.69) is 5.32 Å². The highest BCUT2D eigenvalue weighted by Crippen LogP contribution is 2.43. The van der Waals surface area contributed by atoms with Crippen molar-refractivity contribution in [3.05, 3.63) is 62.5 Å². The fraction of sp³-hybridized carbons (Fsp3) is 0.368. The van der Waals surface area contributed by atoms with Crippen LogP contribution >= 0.6 is 0 Å². The standard InChI is InChI=1S/C19H22N2O8/c1-10-13(17(22)26-2)14(11-8-6-7-9-12(11)21(24)25)15(18(23)27-3)16(20-10)19(28-4)29-5/h6-9,14,19-20H,1-5H3. The molecule has 1 unspecified atom stereocenters. The average Bonchev–Trinajstić information content (AvgIpc) is 2.73. The summed E-state index contributed by atoms with van der Waals surface area (Å²) in [5, 5.41) is 14.6. The first-order valence-corrected chi connectivity index (χ1v) is 8.49. The maximum atomic E-state index is 12.8. The fourth-order valence-corrected chi connectivity index (χ4v) is 3.30. The second kappa shape index (κ2) is 9.30. The molecule has 0 spiro atoms. The van der Waals surface area contributed by atoms with Gasteiger partial charge in [-0.15, -0.1) is 0 Å². The van der Waals surface area contributed by atoms with E-state index >= 15 is 0 Å². The third kappa shape index (κ3) is 4.13. The van der Waals surface area contributed by atoms with Gasteiger partial charge in [-0.3, -0.25) is 10.1 Å². The number of para-hydroxylation sites is 1. The van der Waals surface area contributed by atoms with Gasteiger partial charge in [0.15, 0.2) is 6.29 Å². The van der Waals surface area contributed by atoms with Crippen LogP contribution in [-0.2, 0) is 28.5 Å². The van der Waals surface area contributed by atoms with Crippen LogP contribution < -0.4 is 5.32 Å². The number of hydrogen-bond acceptors (Lipinski definition) is 9. The SMILES string of the molecule is COC(=O)C1=C(C)NC(C(OC)OC)=C(C(=O)OC)C1c1ccccc1[N+](=O)[O-]. The molecule has 0 saturated carbocycles. The molecule has 0 aliphatic carbocycles. The van der Waals surface area contributed by atoms with Gasteiger partial charge < -0.3 is 24.3 Å². The molecule has 0 bridgehead atoms. The summed E-state index contributed by atoms with van der Waals surface area (Å²) in [6.07, 6.45) is -1.01. The van der Waals surface area contributed by atoms with Gasteiger partial charge in [-0.25, -0.2) is 9.59 Å². The first-order valence-electron chi connectivity index (χ1n) is 8.49. The van der Waals surface area contributed by atoms with Gasteiger partial charge >= 0.3 is 11.9 Å². The maximum Gasteiger partial charge on any atom is 0.336 e. The van der Waals surface area contributed by atoms with Gasteiger partial charge in [0.1, 0.15) is 0 Å². The van der Waals surface area contributed by atoms with E-state index < -0.39 is 29.1 Å². The van der Waals surface area contributed by atoms with Crippen molar-refractivity contribution in [2.75, 3.05) is 28.4 Å². The van der Waals surface area contributed by atoms with Gasteiger partial charge in [-0.2, -0.15) is 0 Å². The van der Waals surface area contributed by atoms with Crippen LogP contribution in [0.4, 0.5) is 5.69 Å². The molecule has 0 saturated heterocycles. The molecule has 0 aromatic heterocycles. The molecule has 0 radical (unpaired) electrons. The van der Waals surface area contributed by atoms with E-state index in [1.165, 1.54) is 46.6 Å². The zero-order valence-electron chi connectivity index (χ0n) is 16.7. The molecule has 10 nitrogen and oxygen atoms in total. The Labute approximate surface area is 167 Å². The molecule has 29 heavy (non-hydrogen) atoms. The predicted octanol–water partition coefficient (Wildman–Crippen LogP) is 1.77. The van der Waals surface area contributed by atoms with Gasteiger partial charge in [-0.05, 0) is 6.92 Å². The van der Waals surface area contributed by atoms with Crippen LogP contribution in [0.3, 0.4) is 0 Å². The van der Waals surface area contributed by atoms with E-state index in [4.69, 9.17) is 18.9 Å². The van der Waals surface area contributed by atoms with Crippen molar-refractivity contribution in [2.24, 2.45) is 0 Å². The van der Waals surface area contributed by atoms with Gasteiger partial charge in [0.05, 0.1) is 41.9 Å². The van der Waals surface area contributed by atoms with E-state index in [1.807, 2.05) is 0 Å². The molecule has 1 aliphatic rings. The summed E-state index contributed by atoms with van der Waals surface area (Å²) in [6, 6.07) is 5.83. The smallest absolute Gasteiger partial charge is 0.336 e. The number of nitro benzene ring substituents is 1. The third-order valence-corrected chi connectivity index (χ3v) is 4.51. The highest BCUT2D eigenvalue weighted by atomic mass is 16.7. The van der Waals surface area contributed by atoms with Crippen molar-refractivity contribution in [3.8, 4) is 0 Å². The minimum absolute atomic E-state index is 0.0388. The first kappa shape index (κ1) is 22.1. The van der Waals surface area contributed by atoms with Gasteiger partial charge in [-0.1, -0.05) is 18.2 Å². The summed E-state index contributed by atoms with van der Waals surface area (Å²) < 4.78 is 20.3. The topological polar surface area (TPSA) is 126 Å². The van der Waals surface area contributed by atoms with Crippen LogP contribution in [0.15, 0.2) is 46.8 Å². The molecule has 1 aliphatic heterocycles. The summed E-state index contributed by atoms with van der Waals surface area (Å²) in [4.78, 5) is 36.4. The second-order valence-electron chi connectivity index (χ2n) is 6.03. The monoisotopic (exact) mass is 406 g/mol. The lowest BCUT2D eigenvalue weighted by Crippen LogP contribution is -2.38. The Morgan fingerprint density at radius 1 is 1.03 bits per heavy atom. The molecule has 1 heterocycles. The Morgan fingerprint density at radius 3 is 2.10 bits per heavy atom. The number of methoxy groups -OCH3 is 4. The molecule has 1 atom stereocenters. The molecular formula is C19H22N2O8. The lowest BCUT2D eigenvalue weighted by Gasteiger charge is -2.33. The largest absolute Gasteiger partial charge is 0.466 e. The number of nitro groups is 1. The lowest BCUT2D eigenvalue weighted by atomic mass is 9.79. The average molecular weight is 406 g/mol. The van der Waals surface area contributed by atoms with E-state index in [1.54, 1.807) is 13.0 Å². The summed E-state index contributed by atoms with van der Waals surface area (Å²) in [5.74, 6) is -2.69. The van der Waals surface area contributed by atoms with Gasteiger partial charge in [0.25, 0.3) is 5.69 Å². The molecule has 1 aromatic carbocycles. The van der Waals surface area contributed by atoms with Crippen molar-refractivity contribution < 1.29 is 33.5 Å². The van der Waals surface area contributed by atoms with Crippen LogP contribution in [-0.4, -0.2) is 51.6 Å². The molecule has 1 N–H and O–H groups in total. The summed E-state index contributed by atoms with van der Waals surface area (Å²) >= 11 is 0. The quantitative estimate of drug-likeness (QED) is 0.312. The molecule has 156 valence electrons.